The summed E-state index contributed by atoms with van der Waals surface area (Å²) in [7, 11) is 1.57. The minimum atomic E-state index is -0.528. The fourth-order valence-corrected chi connectivity index (χ4v) is 3.65. The number of hydrogen-bond acceptors (Lipinski definition) is 6. The first-order chi connectivity index (χ1) is 14.5. The Kier molecular flexibility index (Phi) is 7.03. The minimum absolute atomic E-state index is 0.206. The molecule has 30 heavy (non-hydrogen) atoms. The van der Waals surface area contributed by atoms with Gasteiger partial charge in [0.15, 0.2) is 6.61 Å². The Balaban J connectivity index is 1.79. The van der Waals surface area contributed by atoms with E-state index in [1.54, 1.807) is 31.5 Å². The van der Waals surface area contributed by atoms with Crippen LogP contribution in [0.15, 0.2) is 53.9 Å². The number of thiophene rings is 1. The van der Waals surface area contributed by atoms with Gasteiger partial charge < -0.3 is 19.5 Å². The first-order valence-corrected chi connectivity index (χ1v) is 10.0. The summed E-state index contributed by atoms with van der Waals surface area (Å²) in [5.74, 6) is -0.316. The summed E-state index contributed by atoms with van der Waals surface area (Å²) in [5, 5.41) is 4.85. The molecule has 1 aromatic heterocycles. The van der Waals surface area contributed by atoms with E-state index in [0.717, 1.165) is 5.56 Å². The normalized spacial score (nSPS) is 10.4. The second-order valence-corrected chi connectivity index (χ2v) is 6.97. The maximum absolute atomic E-state index is 13.0. The van der Waals surface area contributed by atoms with Crippen LogP contribution in [0, 0.1) is 5.82 Å². The van der Waals surface area contributed by atoms with Crippen molar-refractivity contribution in [1.82, 2.24) is 0 Å². The van der Waals surface area contributed by atoms with Crippen LogP contribution < -0.4 is 14.8 Å². The number of hydrogen-bond donors (Lipinski definition) is 1. The summed E-state index contributed by atoms with van der Waals surface area (Å²) in [5.41, 5.74) is 1.72. The lowest BCUT2D eigenvalue weighted by Gasteiger charge is -2.10. The summed E-state index contributed by atoms with van der Waals surface area (Å²) in [6, 6.07) is 12.6. The number of methoxy groups -OCH3 is 1. The van der Waals surface area contributed by atoms with Crippen LogP contribution in [-0.4, -0.2) is 32.2 Å². The van der Waals surface area contributed by atoms with Crippen LogP contribution in [0.25, 0.3) is 11.1 Å². The average Bonchev–Trinajstić information content (AvgIpc) is 3.17. The number of carbonyl (C=O) groups is 2. The van der Waals surface area contributed by atoms with Gasteiger partial charge in [0, 0.05) is 10.9 Å². The Morgan fingerprint density at radius 1 is 1.03 bits per heavy atom. The second-order valence-electron chi connectivity index (χ2n) is 6.09. The predicted octanol–water partition coefficient (Wildman–Crippen LogP) is 4.76. The van der Waals surface area contributed by atoms with Crippen molar-refractivity contribution in [1.29, 1.82) is 0 Å². The molecule has 1 amide bonds. The first-order valence-electron chi connectivity index (χ1n) is 9.13. The number of rotatable bonds is 8. The smallest absolute Gasteiger partial charge is 0.341 e. The molecule has 2 aromatic carbocycles. The van der Waals surface area contributed by atoms with Gasteiger partial charge in [0.2, 0.25) is 0 Å². The predicted molar refractivity (Wildman–Crippen MR) is 113 cm³/mol. The third-order valence-electron chi connectivity index (χ3n) is 4.11. The number of nitrogens with one attached hydrogen (secondary N) is 1. The van der Waals surface area contributed by atoms with E-state index in [1.807, 2.05) is 12.1 Å². The van der Waals surface area contributed by atoms with Crippen molar-refractivity contribution in [3.63, 3.8) is 0 Å². The molecule has 0 spiro atoms. The van der Waals surface area contributed by atoms with E-state index in [1.165, 1.54) is 35.6 Å². The van der Waals surface area contributed by atoms with E-state index in [9.17, 15) is 14.0 Å². The SMILES string of the molecule is CCOC(=O)c1c(-c2ccc(OC)cc2)csc1NC(=O)COc1ccc(F)cc1. The zero-order valence-electron chi connectivity index (χ0n) is 16.4. The van der Waals surface area contributed by atoms with Crippen molar-refractivity contribution in [2.45, 2.75) is 6.92 Å². The fourth-order valence-electron chi connectivity index (χ4n) is 2.68. The van der Waals surface area contributed by atoms with Gasteiger partial charge in [-0.15, -0.1) is 11.3 Å². The molecular formula is C22H20FNO5S. The molecule has 1 N–H and O–H groups in total. The monoisotopic (exact) mass is 429 g/mol. The van der Waals surface area contributed by atoms with E-state index >= 15 is 0 Å². The van der Waals surface area contributed by atoms with Crippen molar-refractivity contribution >= 4 is 28.2 Å². The molecule has 8 heteroatoms. The third-order valence-corrected chi connectivity index (χ3v) is 5.00. The largest absolute Gasteiger partial charge is 0.497 e. The highest BCUT2D eigenvalue weighted by molar-refractivity contribution is 7.15. The van der Waals surface area contributed by atoms with E-state index in [-0.39, 0.29) is 18.8 Å². The van der Waals surface area contributed by atoms with Gasteiger partial charge >= 0.3 is 5.97 Å². The Bertz CT molecular complexity index is 1020. The Morgan fingerprint density at radius 2 is 1.70 bits per heavy atom. The number of benzene rings is 2. The number of anilines is 1. The molecular weight excluding hydrogens is 409 g/mol. The summed E-state index contributed by atoms with van der Waals surface area (Å²) >= 11 is 1.22. The molecule has 3 rings (SSSR count). The molecule has 0 saturated carbocycles. The molecule has 0 radical (unpaired) electrons. The number of halogens is 1. The Morgan fingerprint density at radius 3 is 2.33 bits per heavy atom. The van der Waals surface area contributed by atoms with Crippen LogP contribution in [0.3, 0.4) is 0 Å². The quantitative estimate of drug-likeness (QED) is 0.523. The fraction of sp³-hybridized carbons (Fsp3) is 0.182. The van der Waals surface area contributed by atoms with Crippen LogP contribution in [0.4, 0.5) is 9.39 Å². The van der Waals surface area contributed by atoms with Gasteiger partial charge in [0.25, 0.3) is 5.91 Å². The minimum Gasteiger partial charge on any atom is -0.497 e. The molecule has 3 aromatic rings. The van der Waals surface area contributed by atoms with E-state index < -0.39 is 17.7 Å². The van der Waals surface area contributed by atoms with Crippen LogP contribution in [0.5, 0.6) is 11.5 Å². The molecule has 0 aliphatic carbocycles. The highest BCUT2D eigenvalue weighted by Gasteiger charge is 2.23. The first kappa shape index (κ1) is 21.3. The molecule has 0 saturated heterocycles. The van der Waals surface area contributed by atoms with Gasteiger partial charge in [-0.1, -0.05) is 12.1 Å². The topological polar surface area (TPSA) is 73.9 Å². The van der Waals surface area contributed by atoms with Crippen molar-refractivity contribution in [2.24, 2.45) is 0 Å². The van der Waals surface area contributed by atoms with Crippen LogP contribution in [0.2, 0.25) is 0 Å². The number of ether oxygens (including phenoxy) is 3. The molecule has 6 nitrogen and oxygen atoms in total. The highest BCUT2D eigenvalue weighted by atomic mass is 32.1. The molecule has 0 aliphatic rings. The van der Waals surface area contributed by atoms with E-state index in [4.69, 9.17) is 14.2 Å². The van der Waals surface area contributed by atoms with Crippen molar-refractivity contribution in [2.75, 3.05) is 25.6 Å². The van der Waals surface area contributed by atoms with Crippen LogP contribution in [-0.2, 0) is 9.53 Å². The number of carbonyl (C=O) groups excluding carboxylic acids is 2. The summed E-state index contributed by atoms with van der Waals surface area (Å²) in [6.45, 7) is 1.63. The number of esters is 1. The molecule has 0 bridgehead atoms. The second kappa shape index (κ2) is 9.89. The molecule has 0 unspecified atom stereocenters. The maximum atomic E-state index is 13.0. The zero-order chi connectivity index (χ0) is 21.5. The Labute approximate surface area is 177 Å². The molecule has 1 heterocycles. The van der Waals surface area contributed by atoms with Crippen molar-refractivity contribution in [3.8, 4) is 22.6 Å². The van der Waals surface area contributed by atoms with Crippen molar-refractivity contribution < 1.29 is 28.2 Å². The molecule has 0 fully saturated rings. The highest BCUT2D eigenvalue weighted by Crippen LogP contribution is 2.36. The summed E-state index contributed by atoms with van der Waals surface area (Å²) < 4.78 is 28.7. The van der Waals surface area contributed by atoms with E-state index in [2.05, 4.69) is 5.32 Å². The third kappa shape index (κ3) is 5.15. The molecule has 0 atom stereocenters. The van der Waals surface area contributed by atoms with Gasteiger partial charge in [-0.05, 0) is 48.9 Å². The van der Waals surface area contributed by atoms with Gasteiger partial charge in [-0.3, -0.25) is 4.79 Å². The lowest BCUT2D eigenvalue weighted by atomic mass is 10.0. The molecule has 0 aliphatic heterocycles. The van der Waals surface area contributed by atoms with Crippen LogP contribution in [0.1, 0.15) is 17.3 Å². The summed E-state index contributed by atoms with van der Waals surface area (Å²) in [6.07, 6.45) is 0. The maximum Gasteiger partial charge on any atom is 0.341 e. The van der Waals surface area contributed by atoms with Gasteiger partial charge in [0.05, 0.1) is 13.7 Å². The zero-order valence-corrected chi connectivity index (χ0v) is 17.3. The Hall–Kier alpha value is -3.39. The van der Waals surface area contributed by atoms with Crippen molar-refractivity contribution in [3.05, 3.63) is 65.3 Å². The van der Waals surface area contributed by atoms with Gasteiger partial charge in [-0.25, -0.2) is 9.18 Å². The van der Waals surface area contributed by atoms with Crippen LogP contribution >= 0.6 is 11.3 Å². The summed E-state index contributed by atoms with van der Waals surface area (Å²) in [4.78, 5) is 24.9. The van der Waals surface area contributed by atoms with E-state index in [0.29, 0.717) is 22.1 Å². The average molecular weight is 429 g/mol. The lowest BCUT2D eigenvalue weighted by Crippen LogP contribution is -2.21. The standard InChI is InChI=1S/C22H20FNO5S/c1-3-28-22(26)20-18(14-4-8-16(27-2)9-5-14)13-30-21(20)24-19(25)12-29-17-10-6-15(23)7-11-17/h4-11,13H,3,12H2,1-2H3,(H,24,25). The van der Waals surface area contributed by atoms with Gasteiger partial charge in [-0.2, -0.15) is 0 Å². The molecule has 156 valence electrons. The van der Waals surface area contributed by atoms with Gasteiger partial charge in [0.1, 0.15) is 27.9 Å². The number of amides is 1. The lowest BCUT2D eigenvalue weighted by molar-refractivity contribution is -0.118.